The normalized spacial score (nSPS) is 20.4. The molecule has 0 radical (unpaired) electrons. The minimum absolute atomic E-state index is 1.08. The van der Waals surface area contributed by atoms with Crippen molar-refractivity contribution in [3.8, 4) is 0 Å². The van der Waals surface area contributed by atoms with Crippen molar-refractivity contribution in [3.05, 3.63) is 16.5 Å². The number of hydrogen-bond donors (Lipinski definition) is 1. The molecule has 0 atom stereocenters. The van der Waals surface area contributed by atoms with Gasteiger partial charge in [0.15, 0.2) is 0 Å². The first-order valence-electron chi connectivity index (χ1n) is 5.56. The molecule has 0 unspecified atom stereocenters. The van der Waals surface area contributed by atoms with Gasteiger partial charge in [-0.15, -0.1) is 0 Å². The van der Waals surface area contributed by atoms with Gasteiger partial charge in [0.2, 0.25) is 0 Å². The zero-order chi connectivity index (χ0) is 10.1. The summed E-state index contributed by atoms with van der Waals surface area (Å²) in [6, 6.07) is 0. The molecule has 1 aromatic rings. The lowest BCUT2D eigenvalue weighted by Crippen LogP contribution is -2.43. The van der Waals surface area contributed by atoms with E-state index in [1.54, 1.807) is 11.5 Å². The molecule has 2 heterocycles. The Morgan fingerprint density at radius 3 is 3.07 bits per heavy atom. The number of aryl methyl sites for hydroxylation is 1. The molecule has 4 heteroatoms. The minimum Gasteiger partial charge on any atom is -0.353 e. The molecule has 0 spiro atoms. The third-order valence-electron chi connectivity index (χ3n) is 3.02. The van der Waals surface area contributed by atoms with E-state index in [0.29, 0.717) is 0 Å². The summed E-state index contributed by atoms with van der Waals surface area (Å²) in [4.78, 5) is 3.87. The van der Waals surface area contributed by atoms with Crippen LogP contribution >= 0.6 is 11.5 Å². The Balaban J connectivity index is 1.91. The van der Waals surface area contributed by atoms with Crippen molar-refractivity contribution < 1.29 is 0 Å². The molecule has 1 fully saturated rings. The zero-order valence-electron chi connectivity index (χ0n) is 8.70. The highest BCUT2D eigenvalue weighted by atomic mass is 32.1. The molecule has 1 aromatic heterocycles. The first-order chi connectivity index (χ1) is 7.45. The van der Waals surface area contributed by atoms with Crippen molar-refractivity contribution in [2.24, 2.45) is 0 Å². The topological polar surface area (TPSA) is 28.2 Å². The summed E-state index contributed by atoms with van der Waals surface area (Å²) in [6.45, 7) is 4.33. The Bertz CT molecular complexity index is 377. The van der Waals surface area contributed by atoms with E-state index in [1.807, 2.05) is 0 Å². The van der Waals surface area contributed by atoms with Crippen molar-refractivity contribution in [2.75, 3.05) is 31.1 Å². The summed E-state index contributed by atoms with van der Waals surface area (Å²) in [5.74, 6) is 1.22. The zero-order valence-corrected chi connectivity index (χ0v) is 9.52. The van der Waals surface area contributed by atoms with E-state index < -0.39 is 0 Å². The number of hydrogen-bond acceptors (Lipinski definition) is 4. The second-order valence-electron chi connectivity index (χ2n) is 4.02. The highest BCUT2D eigenvalue weighted by molar-refractivity contribution is 7.06. The smallest absolute Gasteiger partial charge is 0.149 e. The first kappa shape index (κ1) is 9.36. The average molecular weight is 221 g/mol. The third-order valence-corrected chi connectivity index (χ3v) is 3.93. The molecule has 0 bridgehead atoms. The minimum atomic E-state index is 1.08. The molecule has 0 amide bonds. The second-order valence-corrected chi connectivity index (χ2v) is 4.88. The molecule has 0 aromatic carbocycles. The molecule has 3 nitrogen and oxygen atoms in total. The summed E-state index contributed by atoms with van der Waals surface area (Å²) in [5, 5.41) is 3.37. The number of piperazine rings is 1. The molecular formula is C11H15N3S. The molecule has 1 N–H and O–H groups in total. The van der Waals surface area contributed by atoms with Crippen LogP contribution in [-0.2, 0) is 6.42 Å². The summed E-state index contributed by atoms with van der Waals surface area (Å²) < 4.78 is 4.61. The Hall–Kier alpha value is -0.870. The van der Waals surface area contributed by atoms with E-state index in [9.17, 15) is 0 Å². The molecule has 2 aliphatic rings. The van der Waals surface area contributed by atoms with E-state index in [4.69, 9.17) is 0 Å². The van der Waals surface area contributed by atoms with E-state index in [2.05, 4.69) is 26.7 Å². The molecule has 15 heavy (non-hydrogen) atoms. The summed E-state index contributed by atoms with van der Waals surface area (Å²) in [7, 11) is 0. The largest absolute Gasteiger partial charge is 0.353 e. The van der Waals surface area contributed by atoms with Crippen LogP contribution in [0.25, 0.3) is 6.08 Å². The highest BCUT2D eigenvalue weighted by Gasteiger charge is 2.19. The van der Waals surface area contributed by atoms with Crippen LogP contribution in [0.5, 0.6) is 0 Å². The third kappa shape index (κ3) is 1.68. The van der Waals surface area contributed by atoms with Crippen LogP contribution in [0.4, 0.5) is 5.82 Å². The van der Waals surface area contributed by atoms with Crippen LogP contribution < -0.4 is 10.2 Å². The summed E-state index contributed by atoms with van der Waals surface area (Å²) in [5.41, 5.74) is 1.38. The SMILES string of the molecule is C1=Cc2c(N3CCNCC3)nsc2CC1. The first-order valence-corrected chi connectivity index (χ1v) is 6.33. The van der Waals surface area contributed by atoms with Gasteiger partial charge in [-0.1, -0.05) is 12.2 Å². The number of allylic oxidation sites excluding steroid dienone is 1. The lowest BCUT2D eigenvalue weighted by molar-refractivity contribution is 0.586. The summed E-state index contributed by atoms with van der Waals surface area (Å²) in [6.07, 6.45) is 6.87. The fraction of sp³-hybridized carbons (Fsp3) is 0.545. The number of nitrogens with one attached hydrogen (secondary N) is 1. The Morgan fingerprint density at radius 2 is 2.20 bits per heavy atom. The van der Waals surface area contributed by atoms with Crippen molar-refractivity contribution >= 4 is 23.4 Å². The molecular weight excluding hydrogens is 206 g/mol. The number of fused-ring (bicyclic) bond motifs is 1. The van der Waals surface area contributed by atoms with Gasteiger partial charge < -0.3 is 10.2 Å². The van der Waals surface area contributed by atoms with Crippen LogP contribution in [-0.4, -0.2) is 30.6 Å². The maximum Gasteiger partial charge on any atom is 0.149 e. The maximum atomic E-state index is 4.61. The van der Waals surface area contributed by atoms with Gasteiger partial charge in [0.05, 0.1) is 0 Å². The van der Waals surface area contributed by atoms with Gasteiger partial charge >= 0.3 is 0 Å². The van der Waals surface area contributed by atoms with Crippen molar-refractivity contribution in [2.45, 2.75) is 12.8 Å². The van der Waals surface area contributed by atoms with Gasteiger partial charge in [-0.25, -0.2) is 0 Å². The molecule has 3 rings (SSSR count). The molecule has 1 aliphatic carbocycles. The van der Waals surface area contributed by atoms with Crippen molar-refractivity contribution in [1.29, 1.82) is 0 Å². The fourth-order valence-corrected chi connectivity index (χ4v) is 3.07. The number of nitrogens with zero attached hydrogens (tertiary/aromatic N) is 2. The molecule has 1 saturated heterocycles. The molecule has 1 aliphatic heterocycles. The monoisotopic (exact) mass is 221 g/mol. The fourth-order valence-electron chi connectivity index (χ4n) is 2.19. The predicted octanol–water partition coefficient (Wildman–Crippen LogP) is 1.51. The Kier molecular flexibility index (Phi) is 2.46. The van der Waals surface area contributed by atoms with Crippen LogP contribution in [0, 0.1) is 0 Å². The van der Waals surface area contributed by atoms with E-state index in [-0.39, 0.29) is 0 Å². The van der Waals surface area contributed by atoms with Crippen LogP contribution in [0.2, 0.25) is 0 Å². The lowest BCUT2D eigenvalue weighted by Gasteiger charge is -2.28. The van der Waals surface area contributed by atoms with Crippen molar-refractivity contribution in [3.63, 3.8) is 0 Å². The average Bonchev–Trinajstić information content (AvgIpc) is 2.74. The molecule has 0 saturated carbocycles. The number of rotatable bonds is 1. The van der Waals surface area contributed by atoms with Gasteiger partial charge in [0.1, 0.15) is 5.82 Å². The predicted molar refractivity (Wildman–Crippen MR) is 64.6 cm³/mol. The second kappa shape index (κ2) is 3.94. The van der Waals surface area contributed by atoms with Crippen LogP contribution in [0.1, 0.15) is 16.9 Å². The number of anilines is 1. The van der Waals surface area contributed by atoms with Gasteiger partial charge in [-0.3, -0.25) is 0 Å². The summed E-state index contributed by atoms with van der Waals surface area (Å²) >= 11 is 1.68. The maximum absolute atomic E-state index is 4.61. The van der Waals surface area contributed by atoms with E-state index in [0.717, 1.165) is 26.2 Å². The Morgan fingerprint density at radius 1 is 1.33 bits per heavy atom. The van der Waals surface area contributed by atoms with Crippen LogP contribution in [0.15, 0.2) is 6.08 Å². The van der Waals surface area contributed by atoms with Gasteiger partial charge in [-0.05, 0) is 24.4 Å². The lowest BCUT2D eigenvalue weighted by atomic mass is 10.1. The van der Waals surface area contributed by atoms with Crippen molar-refractivity contribution in [1.82, 2.24) is 9.69 Å². The molecule has 80 valence electrons. The highest BCUT2D eigenvalue weighted by Crippen LogP contribution is 2.31. The van der Waals surface area contributed by atoms with Gasteiger partial charge in [0, 0.05) is 36.6 Å². The van der Waals surface area contributed by atoms with Crippen LogP contribution in [0.3, 0.4) is 0 Å². The quantitative estimate of drug-likeness (QED) is 0.779. The van der Waals surface area contributed by atoms with Gasteiger partial charge in [0.25, 0.3) is 0 Å². The van der Waals surface area contributed by atoms with E-state index in [1.165, 1.54) is 29.1 Å². The Labute approximate surface area is 94.0 Å². The standard InChI is InChI=1S/C11H15N3S/c1-2-4-10-9(3-1)11(13-15-10)14-7-5-12-6-8-14/h1,3,12H,2,4-8H2. The number of aromatic nitrogens is 1. The van der Waals surface area contributed by atoms with E-state index >= 15 is 0 Å². The van der Waals surface area contributed by atoms with Gasteiger partial charge in [-0.2, -0.15) is 4.37 Å².